The van der Waals surface area contributed by atoms with E-state index in [2.05, 4.69) is 27.9 Å². The molecule has 2 amide bonds. The lowest BCUT2D eigenvalue weighted by atomic mass is 10.0. The van der Waals surface area contributed by atoms with E-state index in [9.17, 15) is 4.79 Å². The Hall–Kier alpha value is -1.82. The molecule has 0 aromatic carbocycles. The van der Waals surface area contributed by atoms with Crippen molar-refractivity contribution in [1.29, 1.82) is 0 Å². The number of aryl methyl sites for hydroxylation is 1. The number of ether oxygens (including phenoxy) is 1. The summed E-state index contributed by atoms with van der Waals surface area (Å²) >= 11 is 0. The Morgan fingerprint density at radius 3 is 2.95 bits per heavy atom. The van der Waals surface area contributed by atoms with Gasteiger partial charge >= 0.3 is 6.03 Å². The topological polar surface area (TPSA) is 68.2 Å². The standard InChI is InChI=1S/C16H24N4O2/c1-11-13(10-17-20(11)2)15-14(8-9-22-15)19-16(21)18-12-6-4-3-5-7-12/h4,6,10,12,14-15H,3,5,7-9H2,1-2H3,(H2,18,19,21)/t12?,14-,15+/m0/s1. The van der Waals surface area contributed by atoms with Crippen molar-refractivity contribution in [2.75, 3.05) is 6.61 Å². The Bertz CT molecular complexity index is 566. The maximum Gasteiger partial charge on any atom is 0.315 e. The van der Waals surface area contributed by atoms with Crippen LogP contribution in [0.25, 0.3) is 0 Å². The van der Waals surface area contributed by atoms with Crippen LogP contribution in [-0.4, -0.2) is 34.5 Å². The summed E-state index contributed by atoms with van der Waals surface area (Å²) in [6, 6.07) is 0.0312. The maximum absolute atomic E-state index is 12.2. The fraction of sp³-hybridized carbons (Fsp3) is 0.625. The lowest BCUT2D eigenvalue weighted by Crippen LogP contribution is -2.46. The minimum atomic E-state index is -0.112. The van der Waals surface area contributed by atoms with Gasteiger partial charge in [0.2, 0.25) is 0 Å². The van der Waals surface area contributed by atoms with E-state index in [4.69, 9.17) is 4.74 Å². The molecule has 1 aromatic heterocycles. The van der Waals surface area contributed by atoms with E-state index in [1.807, 2.05) is 24.9 Å². The molecule has 3 rings (SSSR count). The summed E-state index contributed by atoms with van der Waals surface area (Å²) in [5, 5.41) is 10.4. The van der Waals surface area contributed by atoms with E-state index in [0.29, 0.717) is 6.61 Å². The minimum Gasteiger partial charge on any atom is -0.371 e. The second-order valence-corrected chi connectivity index (χ2v) is 6.08. The van der Waals surface area contributed by atoms with Gasteiger partial charge in [0.15, 0.2) is 0 Å². The highest BCUT2D eigenvalue weighted by Crippen LogP contribution is 2.30. The molecule has 120 valence electrons. The number of rotatable bonds is 3. The van der Waals surface area contributed by atoms with Gasteiger partial charge in [0.05, 0.1) is 12.2 Å². The van der Waals surface area contributed by atoms with Crippen LogP contribution in [0.5, 0.6) is 0 Å². The molecule has 6 nitrogen and oxygen atoms in total. The Kier molecular flexibility index (Phi) is 4.47. The van der Waals surface area contributed by atoms with E-state index >= 15 is 0 Å². The van der Waals surface area contributed by atoms with Crippen molar-refractivity contribution < 1.29 is 9.53 Å². The second-order valence-electron chi connectivity index (χ2n) is 6.08. The average molecular weight is 304 g/mol. The van der Waals surface area contributed by atoms with Crippen molar-refractivity contribution >= 4 is 6.03 Å². The zero-order valence-electron chi connectivity index (χ0n) is 13.2. The number of nitrogens with one attached hydrogen (secondary N) is 2. The van der Waals surface area contributed by atoms with Gasteiger partial charge in [-0.15, -0.1) is 0 Å². The van der Waals surface area contributed by atoms with E-state index in [0.717, 1.165) is 36.9 Å². The second kappa shape index (κ2) is 6.52. The molecule has 3 atom stereocenters. The number of hydrogen-bond donors (Lipinski definition) is 2. The third-order valence-corrected chi connectivity index (χ3v) is 4.56. The van der Waals surface area contributed by atoms with Crippen molar-refractivity contribution in [2.45, 2.75) is 50.8 Å². The van der Waals surface area contributed by atoms with Crippen LogP contribution >= 0.6 is 0 Å². The normalized spacial score (nSPS) is 27.8. The predicted molar refractivity (Wildman–Crippen MR) is 83.5 cm³/mol. The van der Waals surface area contributed by atoms with E-state index in [1.54, 1.807) is 0 Å². The maximum atomic E-state index is 12.2. The monoisotopic (exact) mass is 304 g/mol. The molecule has 1 fully saturated rings. The molecule has 22 heavy (non-hydrogen) atoms. The Labute approximate surface area is 130 Å². The van der Waals surface area contributed by atoms with Gasteiger partial charge in [-0.3, -0.25) is 4.68 Å². The first-order valence-corrected chi connectivity index (χ1v) is 7.99. The fourth-order valence-electron chi connectivity index (χ4n) is 3.15. The first-order chi connectivity index (χ1) is 10.6. The summed E-state index contributed by atoms with van der Waals surface area (Å²) in [6.07, 6.45) is 10.0. The molecule has 2 heterocycles. The van der Waals surface area contributed by atoms with E-state index in [1.165, 1.54) is 0 Å². The van der Waals surface area contributed by atoms with Crippen molar-refractivity contribution in [3.8, 4) is 0 Å². The summed E-state index contributed by atoms with van der Waals surface area (Å²) < 4.78 is 7.66. The van der Waals surface area contributed by atoms with Crippen molar-refractivity contribution in [2.24, 2.45) is 7.05 Å². The lowest BCUT2D eigenvalue weighted by Gasteiger charge is -2.23. The zero-order valence-corrected chi connectivity index (χ0v) is 13.2. The summed E-state index contributed by atoms with van der Waals surface area (Å²) in [6.45, 7) is 2.68. The number of amides is 2. The number of hydrogen-bond acceptors (Lipinski definition) is 3. The molecule has 0 saturated carbocycles. The Morgan fingerprint density at radius 2 is 2.27 bits per heavy atom. The van der Waals surface area contributed by atoms with Crippen LogP contribution in [0.15, 0.2) is 18.3 Å². The van der Waals surface area contributed by atoms with Crippen molar-refractivity contribution in [3.05, 3.63) is 29.6 Å². The molecule has 1 aliphatic heterocycles. The lowest BCUT2D eigenvalue weighted by molar-refractivity contribution is 0.0992. The molecule has 0 spiro atoms. The molecular weight excluding hydrogens is 280 g/mol. The molecule has 0 bridgehead atoms. The first-order valence-electron chi connectivity index (χ1n) is 7.99. The number of carbonyl (C=O) groups is 1. The van der Waals surface area contributed by atoms with Gasteiger partial charge in [-0.2, -0.15) is 5.10 Å². The number of carbonyl (C=O) groups excluding carboxylic acids is 1. The minimum absolute atomic E-state index is 0.00419. The summed E-state index contributed by atoms with van der Waals surface area (Å²) in [7, 11) is 1.92. The highest BCUT2D eigenvalue weighted by atomic mass is 16.5. The zero-order chi connectivity index (χ0) is 15.5. The third kappa shape index (κ3) is 3.16. The molecular formula is C16H24N4O2. The van der Waals surface area contributed by atoms with E-state index < -0.39 is 0 Å². The van der Waals surface area contributed by atoms with Gasteiger partial charge in [-0.05, 0) is 32.6 Å². The van der Waals surface area contributed by atoms with E-state index in [-0.39, 0.29) is 24.2 Å². The highest BCUT2D eigenvalue weighted by molar-refractivity contribution is 5.75. The van der Waals surface area contributed by atoms with Gasteiger partial charge in [0.1, 0.15) is 6.10 Å². The van der Waals surface area contributed by atoms with Crippen LogP contribution in [-0.2, 0) is 11.8 Å². The van der Waals surface area contributed by atoms with Gasteiger partial charge in [0.25, 0.3) is 0 Å². The van der Waals surface area contributed by atoms with Crippen LogP contribution in [0.3, 0.4) is 0 Å². The number of urea groups is 1. The first kappa shape index (κ1) is 15.1. The Balaban J connectivity index is 1.61. The van der Waals surface area contributed by atoms with Gasteiger partial charge < -0.3 is 15.4 Å². The quantitative estimate of drug-likeness (QED) is 0.839. The number of nitrogens with zero attached hydrogens (tertiary/aromatic N) is 2. The molecule has 1 unspecified atom stereocenters. The molecule has 1 saturated heterocycles. The van der Waals surface area contributed by atoms with Crippen LogP contribution in [0.4, 0.5) is 4.79 Å². The van der Waals surface area contributed by atoms with Crippen LogP contribution in [0.2, 0.25) is 0 Å². The van der Waals surface area contributed by atoms with Crippen molar-refractivity contribution in [3.63, 3.8) is 0 Å². The molecule has 1 aliphatic carbocycles. The van der Waals surface area contributed by atoms with Gasteiger partial charge in [-0.25, -0.2) is 4.79 Å². The SMILES string of the molecule is Cc1c([C@H]2OCC[C@@H]2NC(=O)NC2C=CCCC2)cnn1C. The molecule has 0 radical (unpaired) electrons. The highest BCUT2D eigenvalue weighted by Gasteiger charge is 2.33. The molecule has 2 aliphatic rings. The van der Waals surface area contributed by atoms with Gasteiger partial charge in [-0.1, -0.05) is 12.2 Å². The summed E-state index contributed by atoms with van der Waals surface area (Å²) in [4.78, 5) is 12.2. The van der Waals surface area contributed by atoms with Crippen molar-refractivity contribution in [1.82, 2.24) is 20.4 Å². The number of aromatic nitrogens is 2. The van der Waals surface area contributed by atoms with Gasteiger partial charge in [0, 0.05) is 31.0 Å². The summed E-state index contributed by atoms with van der Waals surface area (Å²) in [5.74, 6) is 0. The smallest absolute Gasteiger partial charge is 0.315 e. The molecule has 6 heteroatoms. The largest absolute Gasteiger partial charge is 0.371 e. The number of allylic oxidation sites excluding steroid dienone is 1. The van der Waals surface area contributed by atoms with Crippen LogP contribution in [0, 0.1) is 6.92 Å². The van der Waals surface area contributed by atoms with Crippen LogP contribution in [0.1, 0.15) is 43.0 Å². The molecule has 1 aromatic rings. The molecule has 2 N–H and O–H groups in total. The third-order valence-electron chi connectivity index (χ3n) is 4.56. The van der Waals surface area contributed by atoms with Crippen LogP contribution < -0.4 is 10.6 Å². The Morgan fingerprint density at radius 1 is 1.41 bits per heavy atom. The summed E-state index contributed by atoms with van der Waals surface area (Å²) in [5.41, 5.74) is 2.14. The predicted octanol–water partition coefficient (Wildman–Crippen LogP) is 1.97. The fourth-order valence-corrected chi connectivity index (χ4v) is 3.15. The average Bonchev–Trinajstić information content (AvgIpc) is 3.08.